The van der Waals surface area contributed by atoms with Gasteiger partial charge in [-0.1, -0.05) is 140 Å². The molecule has 0 radical (unpaired) electrons. The van der Waals surface area contributed by atoms with Gasteiger partial charge < -0.3 is 14.9 Å². The van der Waals surface area contributed by atoms with Crippen molar-refractivity contribution in [2.75, 3.05) is 4.90 Å². The highest BCUT2D eigenvalue weighted by molar-refractivity contribution is 6.51. The van der Waals surface area contributed by atoms with Crippen LogP contribution in [0.4, 0.5) is 11.4 Å². The van der Waals surface area contributed by atoms with Crippen molar-refractivity contribution in [3.8, 4) is 11.1 Å². The van der Waals surface area contributed by atoms with Crippen LogP contribution in [0, 0.1) is 5.92 Å². The third-order valence-corrected chi connectivity index (χ3v) is 9.89. The molecular weight excluding hydrogens is 585 g/mol. The average Bonchev–Trinajstić information content (AvgIpc) is 3.16. The molecule has 0 bridgehead atoms. The predicted molar refractivity (Wildman–Crippen MR) is 200 cm³/mol. The van der Waals surface area contributed by atoms with Crippen LogP contribution >= 0.6 is 0 Å². The summed E-state index contributed by atoms with van der Waals surface area (Å²) in [6, 6.07) is 49.7. The lowest BCUT2D eigenvalue weighted by molar-refractivity contribution is 0.415. The Balaban J connectivity index is 1.30. The van der Waals surface area contributed by atoms with Crippen molar-refractivity contribution in [1.29, 1.82) is 0 Å². The van der Waals surface area contributed by atoms with Gasteiger partial charge >= 0.3 is 7.12 Å². The fourth-order valence-electron chi connectivity index (χ4n) is 7.38. The fourth-order valence-corrected chi connectivity index (χ4v) is 7.38. The van der Waals surface area contributed by atoms with Gasteiger partial charge in [0, 0.05) is 28.4 Å². The maximum atomic E-state index is 10.1. The monoisotopic (exact) mass is 625 g/mol. The Labute approximate surface area is 284 Å². The first-order chi connectivity index (χ1) is 23.5. The number of anilines is 2. The van der Waals surface area contributed by atoms with Gasteiger partial charge in [0.1, 0.15) is 0 Å². The predicted octanol–water partition coefficient (Wildman–Crippen LogP) is 9.96. The Morgan fingerprint density at radius 1 is 0.646 bits per heavy atom. The molecule has 0 aromatic heterocycles. The van der Waals surface area contributed by atoms with Crippen LogP contribution < -0.4 is 4.90 Å². The Bertz CT molecular complexity index is 1940. The van der Waals surface area contributed by atoms with Crippen molar-refractivity contribution < 1.29 is 10.0 Å². The maximum Gasteiger partial charge on any atom is 0.484 e. The minimum Gasteiger partial charge on any atom is -0.423 e. The molecule has 48 heavy (non-hydrogen) atoms. The maximum absolute atomic E-state index is 10.1. The summed E-state index contributed by atoms with van der Waals surface area (Å²) in [5.74, 6) is 0.0596. The van der Waals surface area contributed by atoms with E-state index in [0.717, 1.165) is 46.5 Å². The number of hydrogen-bond acceptors (Lipinski definition) is 3. The second kappa shape index (κ2) is 13.9. The smallest absolute Gasteiger partial charge is 0.423 e. The van der Waals surface area contributed by atoms with Crippen LogP contribution in [0.15, 0.2) is 187 Å². The first-order valence-corrected chi connectivity index (χ1v) is 16.8. The summed E-state index contributed by atoms with van der Waals surface area (Å²) in [7, 11) is -1.43. The summed E-state index contributed by atoms with van der Waals surface area (Å²) >= 11 is 0. The Morgan fingerprint density at radius 3 is 1.88 bits per heavy atom. The van der Waals surface area contributed by atoms with E-state index in [2.05, 4.69) is 176 Å². The van der Waals surface area contributed by atoms with E-state index in [4.69, 9.17) is 0 Å². The molecule has 236 valence electrons. The largest absolute Gasteiger partial charge is 0.484 e. The summed E-state index contributed by atoms with van der Waals surface area (Å²) in [6.07, 6.45) is 13.2. The van der Waals surface area contributed by atoms with Gasteiger partial charge in [0.2, 0.25) is 0 Å². The van der Waals surface area contributed by atoms with Crippen molar-refractivity contribution in [3.05, 3.63) is 203 Å². The molecule has 5 aromatic carbocycles. The van der Waals surface area contributed by atoms with E-state index < -0.39 is 7.12 Å². The van der Waals surface area contributed by atoms with Crippen LogP contribution in [-0.4, -0.2) is 17.2 Å². The molecule has 5 aromatic rings. The van der Waals surface area contributed by atoms with Crippen LogP contribution in [0.1, 0.15) is 42.9 Å². The molecule has 1 atom stereocenters. The molecule has 0 aliphatic heterocycles. The molecule has 1 unspecified atom stereocenters. The third-order valence-electron chi connectivity index (χ3n) is 9.89. The molecule has 0 heterocycles. The molecule has 2 aliphatic rings. The van der Waals surface area contributed by atoms with Gasteiger partial charge in [-0.2, -0.15) is 0 Å². The highest BCUT2D eigenvalue weighted by Gasteiger charge is 2.33. The molecule has 0 saturated heterocycles. The lowest BCUT2D eigenvalue weighted by Crippen LogP contribution is -2.26. The van der Waals surface area contributed by atoms with Crippen molar-refractivity contribution in [2.45, 2.75) is 31.6 Å². The summed E-state index contributed by atoms with van der Waals surface area (Å²) in [6.45, 7) is 2.33. The van der Waals surface area contributed by atoms with Crippen molar-refractivity contribution in [2.24, 2.45) is 5.92 Å². The molecule has 0 saturated carbocycles. The zero-order chi connectivity index (χ0) is 32.9. The molecule has 7 rings (SSSR count). The number of rotatable bonds is 9. The van der Waals surface area contributed by atoms with Crippen LogP contribution in [-0.2, 0) is 5.41 Å². The van der Waals surface area contributed by atoms with Gasteiger partial charge in [0.25, 0.3) is 0 Å². The minimum atomic E-state index is -1.43. The first kappa shape index (κ1) is 31.4. The highest BCUT2D eigenvalue weighted by atomic mass is 16.4. The lowest BCUT2D eigenvalue weighted by atomic mass is 9.68. The normalized spacial score (nSPS) is 16.1. The van der Waals surface area contributed by atoms with Gasteiger partial charge in [-0.15, -0.1) is 0 Å². The van der Waals surface area contributed by atoms with E-state index in [9.17, 15) is 10.0 Å². The van der Waals surface area contributed by atoms with E-state index in [-0.39, 0.29) is 11.3 Å². The molecule has 4 heteroatoms. The van der Waals surface area contributed by atoms with E-state index in [1.165, 1.54) is 22.3 Å². The van der Waals surface area contributed by atoms with Gasteiger partial charge in [0.05, 0.1) is 0 Å². The topological polar surface area (TPSA) is 43.7 Å². The lowest BCUT2D eigenvalue weighted by Gasteiger charge is -2.34. The number of allylic oxidation sites excluding steroid dienone is 7. The van der Waals surface area contributed by atoms with Gasteiger partial charge in [-0.3, -0.25) is 0 Å². The van der Waals surface area contributed by atoms with E-state index >= 15 is 0 Å². The molecule has 2 aliphatic carbocycles. The SMILES string of the molecule is CC(c1ccccc1)(c1ccccc1)c1ccccc1-c1ccc(N(C2=CC(C3=C(B(O)O)CCC=C3)CC=C2)c2ccccc2)cc1. The number of hydrogen-bond donors (Lipinski definition) is 2. The van der Waals surface area contributed by atoms with Crippen LogP contribution in [0.3, 0.4) is 0 Å². The van der Waals surface area contributed by atoms with Crippen LogP contribution in [0.2, 0.25) is 0 Å². The summed E-state index contributed by atoms with van der Waals surface area (Å²) < 4.78 is 0. The Kier molecular flexibility index (Phi) is 9.11. The zero-order valence-corrected chi connectivity index (χ0v) is 27.3. The average molecular weight is 626 g/mol. The van der Waals surface area contributed by atoms with Crippen LogP contribution in [0.5, 0.6) is 0 Å². The first-order valence-electron chi connectivity index (χ1n) is 16.8. The summed E-state index contributed by atoms with van der Waals surface area (Å²) in [5.41, 5.74) is 10.7. The molecule has 2 N–H and O–H groups in total. The van der Waals surface area contributed by atoms with E-state index in [1.54, 1.807) is 0 Å². The molecule has 0 amide bonds. The van der Waals surface area contributed by atoms with Crippen molar-refractivity contribution in [1.82, 2.24) is 0 Å². The standard InChI is InChI=1S/C44H40BNO2/c1-44(35-17-5-2-6-18-35,36-19-7-3-8-20-36)42-26-13-11-24-40(42)33-28-30-38(31-29-33)46(37-21-9-4-10-22-37)39-23-15-16-34(32-39)41-25-12-14-27-43(41)45(47)48/h2-13,15,17-26,28-32,34,47-48H,14,16,27H2,1H3. The van der Waals surface area contributed by atoms with Gasteiger partial charge in [0.15, 0.2) is 0 Å². The quantitative estimate of drug-likeness (QED) is 0.127. The molecule has 0 spiro atoms. The second-order valence-electron chi connectivity index (χ2n) is 12.8. The third kappa shape index (κ3) is 6.13. The van der Waals surface area contributed by atoms with Crippen molar-refractivity contribution >= 4 is 18.5 Å². The Hall–Kier alpha value is -5.16. The second-order valence-corrected chi connectivity index (χ2v) is 12.8. The Morgan fingerprint density at radius 2 is 1.23 bits per heavy atom. The minimum absolute atomic E-state index is 0.0596. The molecular formula is C44H40BNO2. The van der Waals surface area contributed by atoms with Gasteiger partial charge in [-0.05, 0) is 95.4 Å². The summed E-state index contributed by atoms with van der Waals surface area (Å²) in [4.78, 5) is 2.29. The zero-order valence-electron chi connectivity index (χ0n) is 27.3. The van der Waals surface area contributed by atoms with Gasteiger partial charge in [-0.25, -0.2) is 0 Å². The molecule has 0 fully saturated rings. The van der Waals surface area contributed by atoms with Crippen LogP contribution in [0.25, 0.3) is 11.1 Å². The van der Waals surface area contributed by atoms with E-state index in [0.29, 0.717) is 6.42 Å². The highest BCUT2D eigenvalue weighted by Crippen LogP contribution is 2.44. The van der Waals surface area contributed by atoms with E-state index in [1.807, 2.05) is 6.07 Å². The number of para-hydroxylation sites is 1. The molecule has 3 nitrogen and oxygen atoms in total. The summed E-state index contributed by atoms with van der Waals surface area (Å²) in [5, 5.41) is 20.3. The fraction of sp³-hybridized carbons (Fsp3) is 0.136. The number of benzene rings is 5. The van der Waals surface area contributed by atoms with Crippen molar-refractivity contribution in [3.63, 3.8) is 0 Å². The number of nitrogens with zero attached hydrogens (tertiary/aromatic N) is 1.